The second-order valence-electron chi connectivity index (χ2n) is 24.9. The molecule has 0 N–H and O–H groups in total. The predicted molar refractivity (Wildman–Crippen MR) is 287 cm³/mol. The molecule has 4 heteroatoms. The zero-order valence-corrected chi connectivity index (χ0v) is 42.2. The Morgan fingerprint density at radius 1 is 0.314 bits per heavy atom. The third-order valence-corrected chi connectivity index (χ3v) is 23.7. The highest BCUT2D eigenvalue weighted by molar-refractivity contribution is 8.00. The Kier molecular flexibility index (Phi) is 11.3. The van der Waals surface area contributed by atoms with E-state index in [9.17, 15) is 0 Å². The fraction of sp³-hybridized carbons (Fsp3) is 0.545. The molecule has 5 aromatic rings. The SMILES string of the molecule is c1ccc(C2CCC3C(C2)OC2CC(c4ccccc4)CC4C5CC(c6cccc(C7CCC8C(C7)C7CC(c9ccccc9)CC9SC%10CC(c%11ccccc%11)CCC%10N8C97)c6)CCC5N3C24)cc1. The van der Waals surface area contributed by atoms with Crippen LogP contribution in [-0.4, -0.2) is 68.8 Å². The van der Waals surface area contributed by atoms with Gasteiger partial charge >= 0.3 is 0 Å². The van der Waals surface area contributed by atoms with Crippen LogP contribution in [0.2, 0.25) is 0 Å². The third kappa shape index (κ3) is 7.43. The van der Waals surface area contributed by atoms with E-state index in [0.717, 1.165) is 64.3 Å². The van der Waals surface area contributed by atoms with Gasteiger partial charge in [-0.15, -0.1) is 0 Å². The molecular weight excluding hydrogens is 869 g/mol. The molecule has 20 atom stereocenters. The molecule has 4 saturated heterocycles. The number of thioether (sulfide) groups is 1. The van der Waals surface area contributed by atoms with Gasteiger partial charge in [0.05, 0.1) is 12.2 Å². The average molecular weight is 945 g/mol. The Morgan fingerprint density at radius 3 is 1.29 bits per heavy atom. The summed E-state index contributed by atoms with van der Waals surface area (Å²) in [6, 6.07) is 61.1. The van der Waals surface area contributed by atoms with Gasteiger partial charge in [0.2, 0.25) is 0 Å². The van der Waals surface area contributed by atoms with E-state index in [1.165, 1.54) is 108 Å². The molecule has 70 heavy (non-hydrogen) atoms. The number of hydrogen-bond donors (Lipinski definition) is 0. The van der Waals surface area contributed by atoms with Crippen LogP contribution < -0.4 is 0 Å². The Balaban J connectivity index is 0.692. The van der Waals surface area contributed by atoms with E-state index in [2.05, 4.69) is 167 Å². The van der Waals surface area contributed by atoms with Crippen LogP contribution >= 0.6 is 11.8 Å². The number of benzene rings is 5. The smallest absolute Gasteiger partial charge is 0.0743 e. The van der Waals surface area contributed by atoms with Crippen molar-refractivity contribution < 1.29 is 4.74 Å². The van der Waals surface area contributed by atoms with Crippen molar-refractivity contribution >= 4 is 11.8 Å². The summed E-state index contributed by atoms with van der Waals surface area (Å²) in [6.45, 7) is 0. The molecule has 0 spiro atoms. The van der Waals surface area contributed by atoms with E-state index < -0.39 is 0 Å². The molecular formula is C66H76N2OS. The molecule has 5 aromatic carbocycles. The molecule has 10 fully saturated rings. The first-order valence-corrected chi connectivity index (χ1v) is 29.8. The van der Waals surface area contributed by atoms with Crippen LogP contribution in [0.1, 0.15) is 172 Å². The maximum atomic E-state index is 7.49. The fourth-order valence-corrected chi connectivity index (χ4v) is 21.4. The summed E-state index contributed by atoms with van der Waals surface area (Å²) in [5, 5.41) is 1.54. The van der Waals surface area contributed by atoms with E-state index in [-0.39, 0.29) is 0 Å². The quantitative estimate of drug-likeness (QED) is 0.168. The lowest BCUT2D eigenvalue weighted by molar-refractivity contribution is -0.181. The van der Waals surface area contributed by atoms with Crippen molar-refractivity contribution in [3.8, 4) is 0 Å². The summed E-state index contributed by atoms with van der Waals surface area (Å²) < 4.78 is 7.49. The molecule has 6 aliphatic carbocycles. The first kappa shape index (κ1) is 43.9. The lowest BCUT2D eigenvalue weighted by Crippen LogP contribution is -2.64. The molecule has 0 amide bonds. The topological polar surface area (TPSA) is 15.7 Å². The third-order valence-electron chi connectivity index (χ3n) is 22.0. The molecule has 6 saturated carbocycles. The fourth-order valence-electron chi connectivity index (χ4n) is 19.3. The van der Waals surface area contributed by atoms with E-state index in [0.29, 0.717) is 53.9 Å². The molecule has 15 rings (SSSR count). The Labute approximate surface area is 423 Å². The summed E-state index contributed by atoms with van der Waals surface area (Å²) in [6.07, 6.45) is 22.2. The molecule has 3 nitrogen and oxygen atoms in total. The minimum Gasteiger partial charge on any atom is -0.372 e. The van der Waals surface area contributed by atoms with Gasteiger partial charge in [0.1, 0.15) is 0 Å². The largest absolute Gasteiger partial charge is 0.372 e. The standard InChI is InChI=1S/C66H76N2OS/c1-5-14-41(15-6-1)49-26-30-59-61(37-49)69-62-38-51(43-18-9-3-10-19-43)35-55-53-33-47(24-28-57(53)67(59)65(55)62)45-22-13-23-46(32-45)48-25-29-58-54(34-48)56-36-52(44-20-11-4-12-21-44)40-64-66(56)68(58)60-31-27-50(39-63(60)70-64)42-16-7-2-8-17-42/h1-23,32,47-66H,24-31,33-40H2. The van der Waals surface area contributed by atoms with Crippen molar-refractivity contribution in [3.05, 3.63) is 179 Å². The van der Waals surface area contributed by atoms with E-state index >= 15 is 0 Å². The van der Waals surface area contributed by atoms with Gasteiger partial charge in [0, 0.05) is 46.8 Å². The number of rotatable bonds is 6. The lowest BCUT2D eigenvalue weighted by Gasteiger charge is -2.55. The van der Waals surface area contributed by atoms with Crippen LogP contribution in [0.25, 0.3) is 0 Å². The van der Waals surface area contributed by atoms with Crippen molar-refractivity contribution in [2.75, 3.05) is 0 Å². The number of morpholine rings is 1. The van der Waals surface area contributed by atoms with Crippen LogP contribution in [0.15, 0.2) is 146 Å². The van der Waals surface area contributed by atoms with Crippen LogP contribution in [-0.2, 0) is 4.74 Å². The summed E-state index contributed by atoms with van der Waals surface area (Å²) in [5.41, 5.74) is 9.63. The van der Waals surface area contributed by atoms with E-state index in [1.807, 2.05) is 0 Å². The maximum absolute atomic E-state index is 7.49. The second kappa shape index (κ2) is 18.1. The lowest BCUT2D eigenvalue weighted by atomic mass is 9.65. The van der Waals surface area contributed by atoms with Gasteiger partial charge in [-0.05, 0) is 195 Å². The van der Waals surface area contributed by atoms with Gasteiger partial charge in [0.25, 0.3) is 0 Å². The van der Waals surface area contributed by atoms with Crippen LogP contribution in [0.4, 0.5) is 0 Å². The zero-order chi connectivity index (χ0) is 45.9. The Hall–Kier alpha value is -3.67. The summed E-state index contributed by atoms with van der Waals surface area (Å²) >= 11 is 2.47. The van der Waals surface area contributed by atoms with E-state index in [4.69, 9.17) is 4.74 Å². The number of fused-ring (bicyclic) bond motifs is 10. The van der Waals surface area contributed by atoms with Crippen molar-refractivity contribution in [3.63, 3.8) is 0 Å². The predicted octanol–water partition coefficient (Wildman–Crippen LogP) is 14.9. The van der Waals surface area contributed by atoms with Crippen molar-refractivity contribution in [1.82, 2.24) is 9.80 Å². The van der Waals surface area contributed by atoms with Gasteiger partial charge < -0.3 is 4.74 Å². The number of nitrogens with zero attached hydrogens (tertiary/aromatic N) is 2. The first-order chi connectivity index (χ1) is 34.7. The van der Waals surface area contributed by atoms with Crippen molar-refractivity contribution in [2.45, 2.75) is 197 Å². The highest BCUT2D eigenvalue weighted by atomic mass is 32.2. The average Bonchev–Trinajstić information content (AvgIpc) is 3.95. The molecule has 4 heterocycles. The van der Waals surface area contributed by atoms with Gasteiger partial charge in [-0.3, -0.25) is 9.80 Å². The number of ether oxygens (including phenoxy) is 1. The van der Waals surface area contributed by atoms with Crippen LogP contribution in [0.5, 0.6) is 0 Å². The molecule has 4 aliphatic heterocycles. The molecule has 362 valence electrons. The highest BCUT2D eigenvalue weighted by Gasteiger charge is 2.63. The summed E-state index contributed by atoms with van der Waals surface area (Å²) in [4.78, 5) is 6.47. The minimum atomic E-state index is 0.356. The Morgan fingerprint density at radius 2 is 0.714 bits per heavy atom. The van der Waals surface area contributed by atoms with Gasteiger partial charge in [0.15, 0.2) is 0 Å². The zero-order valence-electron chi connectivity index (χ0n) is 41.4. The van der Waals surface area contributed by atoms with Gasteiger partial charge in [-0.25, -0.2) is 0 Å². The molecule has 0 bridgehead atoms. The monoisotopic (exact) mass is 945 g/mol. The maximum Gasteiger partial charge on any atom is 0.0743 e. The van der Waals surface area contributed by atoms with Gasteiger partial charge in [-0.1, -0.05) is 146 Å². The first-order valence-electron chi connectivity index (χ1n) is 28.8. The molecule has 0 aromatic heterocycles. The normalized spacial score (nSPS) is 42.9. The molecule has 20 unspecified atom stereocenters. The van der Waals surface area contributed by atoms with Crippen molar-refractivity contribution in [1.29, 1.82) is 0 Å². The highest BCUT2D eigenvalue weighted by Crippen LogP contribution is 2.63. The van der Waals surface area contributed by atoms with E-state index in [1.54, 1.807) is 27.8 Å². The molecule has 0 radical (unpaired) electrons. The van der Waals surface area contributed by atoms with Gasteiger partial charge in [-0.2, -0.15) is 11.8 Å². The second-order valence-corrected chi connectivity index (χ2v) is 26.4. The summed E-state index contributed by atoms with van der Waals surface area (Å²) in [7, 11) is 0. The minimum absolute atomic E-state index is 0.356. The van der Waals surface area contributed by atoms with Crippen molar-refractivity contribution in [2.24, 2.45) is 23.7 Å². The summed E-state index contributed by atoms with van der Waals surface area (Å²) in [5.74, 6) is 7.16. The molecule has 10 aliphatic rings. The van der Waals surface area contributed by atoms with Crippen LogP contribution in [0, 0.1) is 23.7 Å². The van der Waals surface area contributed by atoms with Crippen LogP contribution in [0.3, 0.4) is 0 Å². The Bertz CT molecular complexity index is 2430. The number of hydrogen-bond acceptors (Lipinski definition) is 4.